The Hall–Kier alpha value is -0.840. The molecule has 1 atom stereocenters. The molecule has 0 saturated carbocycles. The molecule has 0 radical (unpaired) electrons. The zero-order chi connectivity index (χ0) is 10.8. The predicted molar refractivity (Wildman–Crippen MR) is 59.1 cm³/mol. The molecule has 15 heavy (non-hydrogen) atoms. The lowest BCUT2D eigenvalue weighted by Crippen LogP contribution is -2.36. The van der Waals surface area contributed by atoms with Crippen molar-refractivity contribution in [3.8, 4) is 0 Å². The summed E-state index contributed by atoms with van der Waals surface area (Å²) in [7, 11) is 0. The van der Waals surface area contributed by atoms with Crippen molar-refractivity contribution < 1.29 is 9.32 Å². The van der Waals surface area contributed by atoms with Gasteiger partial charge in [0, 0.05) is 24.0 Å². The maximum absolute atomic E-state index is 12.0. The molecule has 1 aliphatic heterocycles. The van der Waals surface area contributed by atoms with Crippen LogP contribution in [0.2, 0.25) is 0 Å². The Kier molecular flexibility index (Phi) is 3.09. The highest BCUT2D eigenvalue weighted by atomic mass is 79.9. The Bertz CT molecular complexity index is 364. The molecule has 0 bridgehead atoms. The van der Waals surface area contributed by atoms with Gasteiger partial charge < -0.3 is 9.42 Å². The molecule has 0 aliphatic carbocycles. The van der Waals surface area contributed by atoms with Gasteiger partial charge in [-0.15, -0.1) is 0 Å². The number of hydrogen-bond donors (Lipinski definition) is 0. The molecule has 4 nitrogen and oxygen atoms in total. The first-order valence-electron chi connectivity index (χ1n) is 5.02. The molecule has 0 spiro atoms. The van der Waals surface area contributed by atoms with E-state index in [4.69, 9.17) is 4.52 Å². The fourth-order valence-electron chi connectivity index (χ4n) is 1.88. The van der Waals surface area contributed by atoms with E-state index in [0.29, 0.717) is 17.5 Å². The van der Waals surface area contributed by atoms with Gasteiger partial charge in [0.2, 0.25) is 0 Å². The molecular weight excluding hydrogens is 260 g/mol. The maximum atomic E-state index is 12.0. The summed E-state index contributed by atoms with van der Waals surface area (Å²) in [5.74, 6) is 0.654. The van der Waals surface area contributed by atoms with Crippen LogP contribution in [0.1, 0.15) is 29.1 Å². The number of nitrogens with zero attached hydrogens (tertiary/aromatic N) is 2. The summed E-state index contributed by atoms with van der Waals surface area (Å²) >= 11 is 3.42. The first kappa shape index (κ1) is 10.7. The molecule has 5 heteroatoms. The van der Waals surface area contributed by atoms with Crippen molar-refractivity contribution in [2.45, 2.75) is 25.8 Å². The number of alkyl halides is 1. The van der Waals surface area contributed by atoms with Gasteiger partial charge in [0.1, 0.15) is 5.76 Å². The number of carbonyl (C=O) groups excluding carboxylic acids is 1. The number of hydrogen-bond acceptors (Lipinski definition) is 3. The number of aryl methyl sites for hydroxylation is 1. The zero-order valence-corrected chi connectivity index (χ0v) is 10.2. The Morgan fingerprint density at radius 3 is 3.20 bits per heavy atom. The number of carbonyl (C=O) groups is 1. The number of likely N-dealkylation sites (tertiary alicyclic amines) is 1. The van der Waals surface area contributed by atoms with E-state index in [2.05, 4.69) is 21.1 Å². The maximum Gasteiger partial charge on any atom is 0.276 e. The van der Waals surface area contributed by atoms with Crippen LogP contribution in [0.5, 0.6) is 0 Å². The third kappa shape index (κ3) is 2.07. The van der Waals surface area contributed by atoms with Crippen molar-refractivity contribution in [2.24, 2.45) is 0 Å². The molecule has 2 heterocycles. The Morgan fingerprint density at radius 1 is 1.80 bits per heavy atom. The molecular formula is C10H13BrN2O2. The van der Waals surface area contributed by atoms with Crippen LogP contribution >= 0.6 is 15.9 Å². The second-order valence-electron chi connectivity index (χ2n) is 3.77. The Labute approximate surface area is 96.7 Å². The summed E-state index contributed by atoms with van der Waals surface area (Å²) in [5, 5.41) is 4.58. The summed E-state index contributed by atoms with van der Waals surface area (Å²) in [6.07, 6.45) is 2.13. The van der Waals surface area contributed by atoms with Crippen LogP contribution in [0.15, 0.2) is 10.6 Å². The molecule has 0 aromatic carbocycles. The molecule has 1 fully saturated rings. The molecule has 0 N–H and O–H groups in total. The summed E-state index contributed by atoms with van der Waals surface area (Å²) in [4.78, 5) is 13.9. The van der Waals surface area contributed by atoms with Crippen LogP contribution in [0.4, 0.5) is 0 Å². The van der Waals surface area contributed by atoms with Gasteiger partial charge in [0.15, 0.2) is 5.69 Å². The second-order valence-corrected chi connectivity index (χ2v) is 4.42. The lowest BCUT2D eigenvalue weighted by molar-refractivity contribution is 0.0740. The van der Waals surface area contributed by atoms with E-state index in [-0.39, 0.29) is 5.91 Å². The summed E-state index contributed by atoms with van der Waals surface area (Å²) in [6, 6.07) is 1.99. The minimum Gasteiger partial charge on any atom is -0.361 e. The van der Waals surface area contributed by atoms with Crippen LogP contribution < -0.4 is 0 Å². The predicted octanol–water partition coefficient (Wildman–Crippen LogP) is 1.98. The van der Waals surface area contributed by atoms with Crippen molar-refractivity contribution in [3.05, 3.63) is 17.5 Å². The highest BCUT2D eigenvalue weighted by Crippen LogP contribution is 2.21. The van der Waals surface area contributed by atoms with Gasteiger partial charge in [-0.3, -0.25) is 4.79 Å². The summed E-state index contributed by atoms with van der Waals surface area (Å²) in [6.45, 7) is 2.61. The smallest absolute Gasteiger partial charge is 0.276 e. The fraction of sp³-hybridized carbons (Fsp3) is 0.600. The van der Waals surface area contributed by atoms with Crippen molar-refractivity contribution in [1.82, 2.24) is 10.1 Å². The molecule has 2 rings (SSSR count). The van der Waals surface area contributed by atoms with Gasteiger partial charge >= 0.3 is 0 Å². The molecule has 82 valence electrons. The molecule has 1 aromatic rings. The van der Waals surface area contributed by atoms with Crippen molar-refractivity contribution >= 4 is 21.8 Å². The average Bonchev–Trinajstić information content (AvgIpc) is 2.84. The van der Waals surface area contributed by atoms with E-state index in [1.54, 1.807) is 13.0 Å². The second kappa shape index (κ2) is 4.35. The Morgan fingerprint density at radius 2 is 2.60 bits per heavy atom. The van der Waals surface area contributed by atoms with Gasteiger partial charge in [-0.05, 0) is 19.8 Å². The minimum atomic E-state index is -0.0196. The minimum absolute atomic E-state index is 0.0196. The number of aromatic nitrogens is 1. The highest BCUT2D eigenvalue weighted by molar-refractivity contribution is 9.09. The zero-order valence-electron chi connectivity index (χ0n) is 8.57. The van der Waals surface area contributed by atoms with Crippen LogP contribution in [0, 0.1) is 6.92 Å². The molecule has 1 unspecified atom stereocenters. The van der Waals surface area contributed by atoms with Gasteiger partial charge in [-0.25, -0.2) is 0 Å². The SMILES string of the molecule is Cc1cc(C(=O)N2CCCC2CBr)no1. The van der Waals surface area contributed by atoms with Gasteiger partial charge in [-0.1, -0.05) is 21.1 Å². The van der Waals surface area contributed by atoms with E-state index in [9.17, 15) is 4.79 Å². The normalized spacial score (nSPS) is 20.9. The van der Waals surface area contributed by atoms with Crippen molar-refractivity contribution in [2.75, 3.05) is 11.9 Å². The third-order valence-corrected chi connectivity index (χ3v) is 3.41. The summed E-state index contributed by atoms with van der Waals surface area (Å²) in [5.41, 5.74) is 0.417. The van der Waals surface area contributed by atoms with Gasteiger partial charge in [0.05, 0.1) is 0 Å². The van der Waals surface area contributed by atoms with Crippen LogP contribution in [0.25, 0.3) is 0 Å². The Balaban J connectivity index is 2.13. The van der Waals surface area contributed by atoms with Crippen LogP contribution in [-0.4, -0.2) is 33.9 Å². The largest absolute Gasteiger partial charge is 0.361 e. The molecule has 1 aromatic heterocycles. The van der Waals surface area contributed by atoms with Crippen molar-refractivity contribution in [1.29, 1.82) is 0 Å². The van der Waals surface area contributed by atoms with E-state index < -0.39 is 0 Å². The van der Waals surface area contributed by atoms with Crippen molar-refractivity contribution in [3.63, 3.8) is 0 Å². The number of amides is 1. The monoisotopic (exact) mass is 272 g/mol. The van der Waals surface area contributed by atoms with E-state index in [1.807, 2.05) is 4.90 Å². The average molecular weight is 273 g/mol. The topological polar surface area (TPSA) is 46.3 Å². The highest BCUT2D eigenvalue weighted by Gasteiger charge is 2.29. The lowest BCUT2D eigenvalue weighted by Gasteiger charge is -2.21. The molecule has 1 amide bonds. The summed E-state index contributed by atoms with van der Waals surface area (Å²) < 4.78 is 4.90. The van der Waals surface area contributed by atoms with Gasteiger partial charge in [0.25, 0.3) is 5.91 Å². The van der Waals surface area contributed by atoms with Crippen LogP contribution in [-0.2, 0) is 0 Å². The number of rotatable bonds is 2. The van der Waals surface area contributed by atoms with E-state index >= 15 is 0 Å². The van der Waals surface area contributed by atoms with E-state index in [1.165, 1.54) is 0 Å². The number of halogens is 1. The standard InChI is InChI=1S/C10H13BrN2O2/c1-7-5-9(12-15-7)10(14)13-4-2-3-8(13)6-11/h5,8H,2-4,6H2,1H3. The van der Waals surface area contributed by atoms with Gasteiger partial charge in [-0.2, -0.15) is 0 Å². The molecule has 1 saturated heterocycles. The van der Waals surface area contributed by atoms with E-state index in [0.717, 1.165) is 24.7 Å². The lowest BCUT2D eigenvalue weighted by atomic mass is 10.2. The van der Waals surface area contributed by atoms with Crippen LogP contribution in [0.3, 0.4) is 0 Å². The quantitative estimate of drug-likeness (QED) is 0.774. The first-order valence-corrected chi connectivity index (χ1v) is 6.15. The first-order chi connectivity index (χ1) is 7.22. The molecule has 1 aliphatic rings. The fourth-order valence-corrected chi connectivity index (χ4v) is 2.55. The third-order valence-electron chi connectivity index (χ3n) is 2.66.